The standard InChI is InChI=1S/C28H18ClN5O5S/c1-15(35)39-21-12-5-3-10-19(21)25-31-28-34(32-25)27(38)24(40-28)23-18-9-2-4-11-20(18)33(26(23)37)14-22(36)30-17-8-6-7-16(29)13-17/h2-13H,14H2,1H3,(H,30,36). The molecule has 3 heterocycles. The Hall–Kier alpha value is -4.87. The number of halogens is 1. The van der Waals surface area contributed by atoms with Gasteiger partial charge >= 0.3 is 5.97 Å². The molecule has 0 atom stereocenters. The molecule has 0 aliphatic carbocycles. The van der Waals surface area contributed by atoms with Crippen molar-refractivity contribution in [3.05, 3.63) is 98.3 Å². The van der Waals surface area contributed by atoms with Gasteiger partial charge in [0.05, 0.1) is 16.8 Å². The fourth-order valence-electron chi connectivity index (χ4n) is 4.46. The van der Waals surface area contributed by atoms with Crippen LogP contribution in [-0.2, 0) is 14.4 Å². The lowest BCUT2D eigenvalue weighted by atomic mass is 10.1. The molecule has 3 aromatic carbocycles. The maximum atomic E-state index is 13.6. The van der Waals surface area contributed by atoms with Gasteiger partial charge in [-0.25, -0.2) is 0 Å². The molecule has 0 radical (unpaired) electrons. The number of hydrogen-bond donors (Lipinski definition) is 1. The summed E-state index contributed by atoms with van der Waals surface area (Å²) >= 11 is 7.03. The van der Waals surface area contributed by atoms with Crippen molar-refractivity contribution in [2.24, 2.45) is 0 Å². The number of fused-ring (bicyclic) bond motifs is 2. The zero-order valence-corrected chi connectivity index (χ0v) is 22.3. The number of amides is 2. The van der Waals surface area contributed by atoms with E-state index in [2.05, 4.69) is 15.4 Å². The number of thiazole rings is 1. The lowest BCUT2D eigenvalue weighted by Gasteiger charge is -2.16. The Kier molecular flexibility index (Phi) is 6.37. The molecular weight excluding hydrogens is 554 g/mol. The number of esters is 1. The Balaban J connectivity index is 1.39. The minimum atomic E-state index is -0.521. The highest BCUT2D eigenvalue weighted by atomic mass is 35.5. The van der Waals surface area contributed by atoms with E-state index < -0.39 is 23.3 Å². The topological polar surface area (TPSA) is 123 Å². The first-order chi connectivity index (χ1) is 19.3. The van der Waals surface area contributed by atoms with Crippen LogP contribution in [-0.4, -0.2) is 38.9 Å². The quantitative estimate of drug-likeness (QED) is 0.254. The highest BCUT2D eigenvalue weighted by Gasteiger charge is 2.35. The highest BCUT2D eigenvalue weighted by molar-refractivity contribution is 7.15. The van der Waals surface area contributed by atoms with Gasteiger partial charge in [0.15, 0.2) is 5.82 Å². The van der Waals surface area contributed by atoms with Gasteiger partial charge in [-0.05, 0) is 36.4 Å². The van der Waals surface area contributed by atoms with Crippen LogP contribution in [0.3, 0.4) is 0 Å². The Bertz CT molecular complexity index is 1970. The van der Waals surface area contributed by atoms with E-state index in [1.54, 1.807) is 72.8 Å². The number of aromatic nitrogens is 3. The largest absolute Gasteiger partial charge is 0.426 e. The number of nitrogens with zero attached hydrogens (tertiary/aromatic N) is 4. The molecule has 1 aliphatic heterocycles. The van der Waals surface area contributed by atoms with Crippen LogP contribution >= 0.6 is 22.9 Å². The van der Waals surface area contributed by atoms with Gasteiger partial charge in [0, 0.05) is 23.2 Å². The molecule has 1 N–H and O–H groups in total. The lowest BCUT2D eigenvalue weighted by Crippen LogP contribution is -2.37. The zero-order chi connectivity index (χ0) is 28.0. The van der Waals surface area contributed by atoms with Gasteiger partial charge in [0.2, 0.25) is 10.9 Å². The average molecular weight is 572 g/mol. The van der Waals surface area contributed by atoms with E-state index in [0.717, 1.165) is 15.9 Å². The molecular formula is C28H18ClN5O5S. The number of carbonyl (C=O) groups is 3. The molecule has 0 bridgehead atoms. The molecule has 10 nitrogen and oxygen atoms in total. The van der Waals surface area contributed by atoms with Crippen molar-refractivity contribution in [1.29, 1.82) is 0 Å². The van der Waals surface area contributed by atoms with E-state index in [-0.39, 0.29) is 33.2 Å². The van der Waals surface area contributed by atoms with Crippen LogP contribution in [0.1, 0.15) is 12.5 Å². The maximum Gasteiger partial charge on any atom is 0.308 e. The molecule has 12 heteroatoms. The van der Waals surface area contributed by atoms with Crippen molar-refractivity contribution in [2.75, 3.05) is 16.8 Å². The van der Waals surface area contributed by atoms with Crippen molar-refractivity contribution < 1.29 is 19.1 Å². The number of hydrogen-bond acceptors (Lipinski definition) is 8. The normalized spacial score (nSPS) is 13.9. The Morgan fingerprint density at radius 3 is 2.50 bits per heavy atom. The third-order valence-electron chi connectivity index (χ3n) is 6.10. The molecule has 40 heavy (non-hydrogen) atoms. The van der Waals surface area contributed by atoms with E-state index >= 15 is 0 Å². The zero-order valence-electron chi connectivity index (χ0n) is 20.8. The van der Waals surface area contributed by atoms with Crippen LogP contribution in [0, 0.1) is 0 Å². The SMILES string of the molecule is CC(=O)Oc1ccccc1-c1nc2sc(=C3C(=O)N(CC(=O)Nc4cccc(Cl)c4)c4ccccc43)c(=O)n2n1. The monoisotopic (exact) mass is 571 g/mol. The molecule has 0 spiro atoms. The minimum absolute atomic E-state index is 0.157. The summed E-state index contributed by atoms with van der Waals surface area (Å²) in [5.41, 5.74) is 1.65. The summed E-state index contributed by atoms with van der Waals surface area (Å²) in [6.45, 7) is 1.02. The van der Waals surface area contributed by atoms with Gasteiger partial charge in [0.25, 0.3) is 11.5 Å². The van der Waals surface area contributed by atoms with Crippen molar-refractivity contribution in [2.45, 2.75) is 6.92 Å². The Morgan fingerprint density at radius 2 is 1.75 bits per heavy atom. The number of rotatable bonds is 5. The van der Waals surface area contributed by atoms with E-state index in [0.29, 0.717) is 27.5 Å². The van der Waals surface area contributed by atoms with E-state index in [4.69, 9.17) is 16.3 Å². The Morgan fingerprint density at radius 1 is 1.00 bits per heavy atom. The minimum Gasteiger partial charge on any atom is -0.426 e. The van der Waals surface area contributed by atoms with Crippen LogP contribution in [0.4, 0.5) is 11.4 Å². The number of nitrogens with one attached hydrogen (secondary N) is 1. The van der Waals surface area contributed by atoms with Crippen LogP contribution in [0.25, 0.3) is 21.9 Å². The summed E-state index contributed by atoms with van der Waals surface area (Å²) in [5.74, 6) is -0.936. The molecule has 2 aromatic heterocycles. The molecule has 5 aromatic rings. The first kappa shape index (κ1) is 25.4. The van der Waals surface area contributed by atoms with Gasteiger partial charge in [0.1, 0.15) is 16.8 Å². The second-order valence-electron chi connectivity index (χ2n) is 8.80. The third kappa shape index (κ3) is 4.51. The van der Waals surface area contributed by atoms with E-state index in [9.17, 15) is 19.2 Å². The first-order valence-corrected chi connectivity index (χ1v) is 13.2. The Labute approximate surface area is 235 Å². The summed E-state index contributed by atoms with van der Waals surface area (Å²) in [6, 6.07) is 20.4. The molecule has 1 aliphatic rings. The fraction of sp³-hybridized carbons (Fsp3) is 0.0714. The van der Waals surface area contributed by atoms with E-state index in [1.807, 2.05) is 0 Å². The van der Waals surface area contributed by atoms with Gasteiger partial charge in [-0.15, -0.1) is 5.10 Å². The second-order valence-corrected chi connectivity index (χ2v) is 10.2. The highest BCUT2D eigenvalue weighted by Crippen LogP contribution is 2.35. The number of ether oxygens (including phenoxy) is 1. The van der Waals surface area contributed by atoms with Crippen LogP contribution in [0.2, 0.25) is 5.02 Å². The predicted octanol–water partition coefficient (Wildman–Crippen LogP) is 3.30. The number of carbonyl (C=O) groups excluding carboxylic acids is 3. The predicted molar refractivity (Wildman–Crippen MR) is 150 cm³/mol. The number of para-hydroxylation sites is 2. The molecule has 0 fully saturated rings. The molecule has 0 saturated heterocycles. The van der Waals surface area contributed by atoms with Crippen molar-refractivity contribution >= 4 is 62.6 Å². The van der Waals surface area contributed by atoms with Gasteiger partial charge in [-0.1, -0.05) is 59.3 Å². The molecule has 0 saturated carbocycles. The maximum absolute atomic E-state index is 13.6. The first-order valence-electron chi connectivity index (χ1n) is 12.0. The van der Waals surface area contributed by atoms with Crippen molar-refractivity contribution in [3.63, 3.8) is 0 Å². The van der Waals surface area contributed by atoms with E-state index in [1.165, 1.54) is 11.8 Å². The number of benzene rings is 3. The van der Waals surface area contributed by atoms with Gasteiger partial charge < -0.3 is 10.1 Å². The summed E-state index contributed by atoms with van der Waals surface area (Å²) in [4.78, 5) is 57.6. The molecule has 0 unspecified atom stereocenters. The van der Waals surface area contributed by atoms with Crippen LogP contribution < -0.4 is 25.0 Å². The summed E-state index contributed by atoms with van der Waals surface area (Å²) in [6.07, 6.45) is 0. The van der Waals surface area contributed by atoms with Gasteiger partial charge in [-0.3, -0.25) is 24.1 Å². The smallest absolute Gasteiger partial charge is 0.308 e. The van der Waals surface area contributed by atoms with Crippen LogP contribution in [0.5, 0.6) is 5.75 Å². The van der Waals surface area contributed by atoms with Crippen molar-refractivity contribution in [1.82, 2.24) is 14.6 Å². The fourth-order valence-corrected chi connectivity index (χ4v) is 5.65. The summed E-state index contributed by atoms with van der Waals surface area (Å²) < 4.78 is 6.53. The summed E-state index contributed by atoms with van der Waals surface area (Å²) in [5, 5.41) is 7.55. The summed E-state index contributed by atoms with van der Waals surface area (Å²) in [7, 11) is 0. The second kappa shape index (κ2) is 10.0. The van der Waals surface area contributed by atoms with Crippen LogP contribution in [0.15, 0.2) is 77.6 Å². The third-order valence-corrected chi connectivity index (χ3v) is 7.36. The van der Waals surface area contributed by atoms with Gasteiger partial charge in [-0.2, -0.15) is 9.50 Å². The van der Waals surface area contributed by atoms with Crippen molar-refractivity contribution in [3.8, 4) is 17.1 Å². The molecule has 198 valence electrons. The average Bonchev–Trinajstić information content (AvgIpc) is 3.55. The lowest BCUT2D eigenvalue weighted by molar-refractivity contribution is -0.131. The molecule has 6 rings (SSSR count). The number of anilines is 2. The molecule has 2 amide bonds.